The Morgan fingerprint density at radius 2 is 1.89 bits per heavy atom. The van der Waals surface area contributed by atoms with Gasteiger partial charge in [-0.1, -0.05) is 18.7 Å². The van der Waals surface area contributed by atoms with Gasteiger partial charge in [0.1, 0.15) is 0 Å². The Morgan fingerprint density at radius 1 is 1.33 bits per heavy atom. The number of allylic oxidation sites excluding steroid dienone is 4. The van der Waals surface area contributed by atoms with Crippen LogP contribution < -0.4 is 5.73 Å². The largest absolute Gasteiger partial charge is 0.404 e. The fraction of sp³-hybridized carbons (Fsp3) is 0.250. The van der Waals surface area contributed by atoms with Gasteiger partial charge in [-0.15, -0.1) is 0 Å². The molecule has 0 radical (unpaired) electrons. The van der Waals surface area contributed by atoms with Gasteiger partial charge in [0.2, 0.25) is 0 Å². The van der Waals surface area contributed by atoms with Gasteiger partial charge in [0, 0.05) is 0 Å². The maximum Gasteiger partial charge on any atom is -0.00299 e. The summed E-state index contributed by atoms with van der Waals surface area (Å²) < 4.78 is 0. The van der Waals surface area contributed by atoms with Gasteiger partial charge < -0.3 is 5.73 Å². The van der Waals surface area contributed by atoms with E-state index < -0.39 is 0 Å². The van der Waals surface area contributed by atoms with Crippen molar-refractivity contribution in [2.45, 2.75) is 13.8 Å². The minimum absolute atomic E-state index is 1.09. The van der Waals surface area contributed by atoms with Gasteiger partial charge in [-0.2, -0.15) is 0 Å². The van der Waals surface area contributed by atoms with Crippen LogP contribution in [0.15, 0.2) is 36.1 Å². The highest BCUT2D eigenvalue weighted by molar-refractivity contribution is 5.28. The third-order valence-electron chi connectivity index (χ3n) is 1.24. The molecular formula is C8H13N. The Balaban J connectivity index is 4.19. The molecule has 0 aromatic heterocycles. The lowest BCUT2D eigenvalue weighted by Gasteiger charge is -1.95. The van der Waals surface area contributed by atoms with E-state index in [4.69, 9.17) is 5.73 Å². The molecule has 0 aliphatic carbocycles. The van der Waals surface area contributed by atoms with Crippen molar-refractivity contribution in [1.82, 2.24) is 0 Å². The molecule has 0 heterocycles. The van der Waals surface area contributed by atoms with Gasteiger partial charge in [0.05, 0.1) is 0 Å². The van der Waals surface area contributed by atoms with Gasteiger partial charge in [0.15, 0.2) is 0 Å². The van der Waals surface area contributed by atoms with Crippen LogP contribution in [0.1, 0.15) is 13.8 Å². The average Bonchev–Trinajstić information content (AvgIpc) is 1.87. The first-order valence-electron chi connectivity index (χ1n) is 2.90. The lowest BCUT2D eigenvalue weighted by atomic mass is 10.1. The fourth-order valence-electron chi connectivity index (χ4n) is 0.440. The van der Waals surface area contributed by atoms with Crippen LogP contribution >= 0.6 is 0 Å². The monoisotopic (exact) mass is 123 g/mol. The van der Waals surface area contributed by atoms with Gasteiger partial charge >= 0.3 is 0 Å². The van der Waals surface area contributed by atoms with Gasteiger partial charge in [-0.05, 0) is 31.2 Å². The Kier molecular flexibility index (Phi) is 3.52. The third kappa shape index (κ3) is 2.75. The predicted octanol–water partition coefficient (Wildman–Crippen LogP) is 1.98. The normalized spacial score (nSPS) is 13.6. The molecule has 0 rings (SSSR count). The molecule has 50 valence electrons. The van der Waals surface area contributed by atoms with Gasteiger partial charge in [-0.25, -0.2) is 0 Å². The summed E-state index contributed by atoms with van der Waals surface area (Å²) in [6, 6.07) is 0. The SMILES string of the molecule is C=CC=C(C)C(C)=CN. The van der Waals surface area contributed by atoms with E-state index in [2.05, 4.69) is 6.58 Å². The lowest BCUT2D eigenvalue weighted by molar-refractivity contribution is 1.31. The van der Waals surface area contributed by atoms with Crippen LogP contribution in [0.25, 0.3) is 0 Å². The van der Waals surface area contributed by atoms with E-state index in [1.54, 1.807) is 12.3 Å². The van der Waals surface area contributed by atoms with E-state index in [0.29, 0.717) is 0 Å². The van der Waals surface area contributed by atoms with Crippen molar-refractivity contribution in [3.8, 4) is 0 Å². The van der Waals surface area contributed by atoms with Gasteiger partial charge in [0.25, 0.3) is 0 Å². The number of nitrogens with two attached hydrogens (primary N) is 1. The summed E-state index contributed by atoms with van der Waals surface area (Å²) in [7, 11) is 0. The number of hydrogen-bond donors (Lipinski definition) is 1. The molecule has 0 aromatic carbocycles. The summed E-state index contributed by atoms with van der Waals surface area (Å²) in [4.78, 5) is 0. The van der Waals surface area contributed by atoms with Crippen LogP contribution in [0.5, 0.6) is 0 Å². The molecule has 0 amide bonds. The Morgan fingerprint density at radius 3 is 2.22 bits per heavy atom. The molecule has 1 nitrogen and oxygen atoms in total. The summed E-state index contributed by atoms with van der Waals surface area (Å²) in [5.74, 6) is 0. The molecule has 0 atom stereocenters. The number of rotatable bonds is 2. The molecule has 0 saturated heterocycles. The summed E-state index contributed by atoms with van der Waals surface area (Å²) in [6.45, 7) is 7.54. The van der Waals surface area contributed by atoms with E-state index >= 15 is 0 Å². The van der Waals surface area contributed by atoms with Crippen molar-refractivity contribution in [2.75, 3.05) is 0 Å². The molecule has 0 fully saturated rings. The van der Waals surface area contributed by atoms with Crippen molar-refractivity contribution in [3.05, 3.63) is 36.1 Å². The molecule has 2 N–H and O–H groups in total. The van der Waals surface area contributed by atoms with Crippen LogP contribution in [0, 0.1) is 0 Å². The highest BCUT2D eigenvalue weighted by Crippen LogP contribution is 2.04. The molecule has 9 heavy (non-hydrogen) atoms. The lowest BCUT2D eigenvalue weighted by Crippen LogP contribution is -1.85. The second kappa shape index (κ2) is 3.96. The van der Waals surface area contributed by atoms with Crippen LogP contribution in [0.2, 0.25) is 0 Å². The van der Waals surface area contributed by atoms with E-state index in [9.17, 15) is 0 Å². The van der Waals surface area contributed by atoms with E-state index in [1.807, 2.05) is 19.9 Å². The summed E-state index contributed by atoms with van der Waals surface area (Å²) in [6.07, 6.45) is 5.27. The maximum atomic E-state index is 5.27. The van der Waals surface area contributed by atoms with Gasteiger partial charge in [-0.3, -0.25) is 0 Å². The minimum atomic E-state index is 1.09. The highest BCUT2D eigenvalue weighted by atomic mass is 14.5. The Bertz CT molecular complexity index is 152. The fourth-order valence-corrected chi connectivity index (χ4v) is 0.440. The quantitative estimate of drug-likeness (QED) is 0.558. The average molecular weight is 123 g/mol. The molecule has 1 heteroatoms. The number of hydrogen-bond acceptors (Lipinski definition) is 1. The third-order valence-corrected chi connectivity index (χ3v) is 1.24. The predicted molar refractivity (Wildman–Crippen MR) is 41.9 cm³/mol. The van der Waals surface area contributed by atoms with Crippen LogP contribution in [-0.2, 0) is 0 Å². The second-order valence-electron chi connectivity index (χ2n) is 1.94. The maximum absolute atomic E-state index is 5.27. The van der Waals surface area contributed by atoms with Crippen LogP contribution in [0.3, 0.4) is 0 Å². The van der Waals surface area contributed by atoms with E-state index in [0.717, 1.165) is 11.1 Å². The topological polar surface area (TPSA) is 26.0 Å². The highest BCUT2D eigenvalue weighted by Gasteiger charge is 1.86. The van der Waals surface area contributed by atoms with Crippen molar-refractivity contribution >= 4 is 0 Å². The Hall–Kier alpha value is -0.980. The summed E-state index contributed by atoms with van der Waals surface area (Å²) in [5.41, 5.74) is 7.52. The van der Waals surface area contributed by atoms with Crippen molar-refractivity contribution in [2.24, 2.45) is 5.73 Å². The van der Waals surface area contributed by atoms with Crippen molar-refractivity contribution in [3.63, 3.8) is 0 Å². The molecule has 0 aliphatic heterocycles. The van der Waals surface area contributed by atoms with Crippen LogP contribution in [-0.4, -0.2) is 0 Å². The molecule has 0 spiro atoms. The smallest absolute Gasteiger partial charge is 0.00299 e. The second-order valence-corrected chi connectivity index (χ2v) is 1.94. The first-order chi connectivity index (χ1) is 4.22. The summed E-state index contributed by atoms with van der Waals surface area (Å²) >= 11 is 0. The Labute approximate surface area is 56.6 Å². The van der Waals surface area contributed by atoms with E-state index in [-0.39, 0.29) is 0 Å². The summed E-state index contributed by atoms with van der Waals surface area (Å²) in [5, 5.41) is 0. The standard InChI is InChI=1S/C8H13N/c1-4-5-7(2)8(3)6-9/h4-6H,1,9H2,2-3H3. The van der Waals surface area contributed by atoms with Crippen molar-refractivity contribution in [1.29, 1.82) is 0 Å². The van der Waals surface area contributed by atoms with E-state index in [1.165, 1.54) is 0 Å². The zero-order valence-electron chi connectivity index (χ0n) is 6.02. The molecule has 0 aromatic rings. The zero-order valence-corrected chi connectivity index (χ0v) is 6.02. The molecule has 0 saturated carbocycles. The molecular weight excluding hydrogens is 110 g/mol. The minimum Gasteiger partial charge on any atom is -0.404 e. The first-order valence-corrected chi connectivity index (χ1v) is 2.90. The zero-order chi connectivity index (χ0) is 7.28. The first kappa shape index (κ1) is 8.02. The van der Waals surface area contributed by atoms with Crippen molar-refractivity contribution < 1.29 is 0 Å². The molecule has 0 unspecified atom stereocenters. The molecule has 0 bridgehead atoms. The van der Waals surface area contributed by atoms with Crippen LogP contribution in [0.4, 0.5) is 0 Å². The molecule has 0 aliphatic rings.